The van der Waals surface area contributed by atoms with Crippen molar-refractivity contribution in [3.63, 3.8) is 0 Å². The highest BCUT2D eigenvalue weighted by molar-refractivity contribution is 6.58. The van der Waals surface area contributed by atoms with Gasteiger partial charge in [0.15, 0.2) is 0 Å². The van der Waals surface area contributed by atoms with Gasteiger partial charge in [0.2, 0.25) is 0 Å². The van der Waals surface area contributed by atoms with Crippen LogP contribution in [0.2, 0.25) is 0 Å². The molecule has 1 fully saturated rings. The molecule has 13 aromatic rings. The molecule has 11 aliphatic rings. The van der Waals surface area contributed by atoms with Crippen molar-refractivity contribution in [1.82, 2.24) is 0 Å². The van der Waals surface area contributed by atoms with E-state index in [2.05, 4.69) is 134 Å². The molecule has 13 aromatic carbocycles. The molecule has 1 heteroatoms. The minimum Gasteiger partial charge on any atom is -0.324 e. The van der Waals surface area contributed by atoms with Crippen molar-refractivity contribution in [3.05, 3.63) is 192 Å². The fraction of sp³-hybridized carbons (Fsp3) is 0.114. The number of allylic oxidation sites excluding steroid dienone is 13. The van der Waals surface area contributed by atoms with Crippen molar-refractivity contribution in [2.45, 2.75) is 30.7 Å². The Bertz CT molecular complexity index is 5670. The lowest BCUT2D eigenvalue weighted by Crippen LogP contribution is -2.47. The first-order valence-corrected chi connectivity index (χ1v) is 26.3. The van der Waals surface area contributed by atoms with E-state index in [0.717, 1.165) is 0 Å². The molecule has 11 aliphatic carbocycles. The number of fused-ring (bicyclic) bond motifs is 2. The van der Waals surface area contributed by atoms with Crippen LogP contribution in [0.1, 0.15) is 75.2 Å². The summed E-state index contributed by atoms with van der Waals surface area (Å²) in [4.78, 5) is 0. The van der Waals surface area contributed by atoms with Crippen molar-refractivity contribution < 1.29 is 0 Å². The third-order valence-electron chi connectivity index (χ3n) is 21.8. The topological polar surface area (TPSA) is 26.0 Å². The molecule has 2 N–H and O–H groups in total. The number of nitrogens with two attached hydrogens (primary N) is 1. The van der Waals surface area contributed by atoms with Crippen LogP contribution in [0.15, 0.2) is 137 Å². The van der Waals surface area contributed by atoms with Gasteiger partial charge in [0, 0.05) is 41.5 Å². The number of rotatable bonds is 1. The molecule has 318 valence electrons. The molecule has 1 saturated carbocycles. The summed E-state index contributed by atoms with van der Waals surface area (Å²) in [5.74, 6) is 1.83. The molecule has 0 bridgehead atoms. The zero-order valence-electron chi connectivity index (χ0n) is 38.2. The summed E-state index contributed by atoms with van der Waals surface area (Å²) >= 11 is 0. The molecule has 0 radical (unpaired) electrons. The van der Waals surface area contributed by atoms with Crippen LogP contribution >= 0.6 is 0 Å². The second-order valence-electron chi connectivity index (χ2n) is 24.0. The van der Waals surface area contributed by atoms with Gasteiger partial charge in [-0.15, -0.1) is 0 Å². The average molecular weight is 888 g/mol. The molecule has 7 atom stereocenters. The maximum Gasteiger partial charge on any atom is 0.0365 e. The lowest BCUT2D eigenvalue weighted by atomic mass is 9.45. The Balaban J connectivity index is 1.13. The van der Waals surface area contributed by atoms with Crippen LogP contribution in [0.4, 0.5) is 0 Å². The van der Waals surface area contributed by atoms with E-state index in [4.69, 9.17) is 5.73 Å². The van der Waals surface area contributed by atoms with Crippen LogP contribution in [0.25, 0.3) is 159 Å². The molecule has 0 amide bonds. The first-order valence-electron chi connectivity index (χ1n) is 26.3. The molecule has 0 heterocycles. The van der Waals surface area contributed by atoms with Gasteiger partial charge in [-0.05, 0) is 248 Å². The Morgan fingerprint density at radius 3 is 2.07 bits per heavy atom. The van der Waals surface area contributed by atoms with Gasteiger partial charge in [-0.1, -0.05) is 109 Å². The second kappa shape index (κ2) is 9.33. The standard InChI is InChI=1S/C70H33N/c1-23(71)40-38-21-29-11-9-25-13-15-37-34-6-2-4-26-16-30-19-32-20-31-18-28-10-8-24-12-14-36-35-7-3-5-27-17-33-22-39(40)54-61-50(33)56(42(27)35)63-51(36)43(24)45(28)57-48(31)59-49(32)58-47(30)55(41(26)34)64-52(37)44(25)46(29)60-53(38)62(54)70(66(58)68(60)64)67(59)69(61)65(57)63/h2-23,42-43,45,47,51,63H,71H2,1H3. The lowest BCUT2D eigenvalue weighted by molar-refractivity contribution is 0.326. The van der Waals surface area contributed by atoms with E-state index in [0.29, 0.717) is 23.7 Å². The van der Waals surface area contributed by atoms with Crippen molar-refractivity contribution in [1.29, 1.82) is 0 Å². The Kier molecular flexibility index (Phi) is 4.29. The summed E-state index contributed by atoms with van der Waals surface area (Å²) in [5.41, 5.74) is 30.4. The van der Waals surface area contributed by atoms with Crippen LogP contribution < -0.4 is 16.2 Å². The van der Waals surface area contributed by atoms with E-state index in [1.54, 1.807) is 87.3 Å². The molecule has 1 nitrogen and oxygen atoms in total. The molecule has 0 aromatic heterocycles. The Hall–Kier alpha value is -8.10. The smallest absolute Gasteiger partial charge is 0.0365 e. The fourth-order valence-corrected chi connectivity index (χ4v) is 20.3. The number of benzene rings is 13. The first kappa shape index (κ1) is 32.7. The molecule has 0 saturated heterocycles. The van der Waals surface area contributed by atoms with Crippen LogP contribution in [0.3, 0.4) is 0 Å². The van der Waals surface area contributed by atoms with E-state index in [9.17, 15) is 0 Å². The largest absolute Gasteiger partial charge is 0.324 e. The summed E-state index contributed by atoms with van der Waals surface area (Å²) < 4.78 is 0. The minimum atomic E-state index is -0.170. The number of hydrogen-bond acceptors (Lipinski definition) is 1. The molecular weight excluding hydrogens is 855 g/mol. The highest BCUT2D eigenvalue weighted by atomic mass is 14.6. The normalized spacial score (nSPS) is 25.7. The Morgan fingerprint density at radius 2 is 1.13 bits per heavy atom. The number of hydrogen-bond donors (Lipinski definition) is 1. The average Bonchev–Trinajstić information content (AvgIpc) is 3.44. The predicted molar refractivity (Wildman–Crippen MR) is 296 cm³/mol. The molecule has 7 unspecified atom stereocenters. The van der Waals surface area contributed by atoms with Crippen LogP contribution in [-0.4, -0.2) is 0 Å². The second-order valence-corrected chi connectivity index (χ2v) is 24.0. The van der Waals surface area contributed by atoms with Gasteiger partial charge < -0.3 is 5.73 Å². The molecule has 71 heavy (non-hydrogen) atoms. The fourth-order valence-electron chi connectivity index (χ4n) is 20.3. The summed E-state index contributed by atoms with van der Waals surface area (Å²) in [6.45, 7) is 2.27. The van der Waals surface area contributed by atoms with Gasteiger partial charge in [-0.3, -0.25) is 0 Å². The van der Waals surface area contributed by atoms with E-state index in [1.807, 2.05) is 0 Å². The highest BCUT2D eigenvalue weighted by Crippen LogP contribution is 2.73. The predicted octanol–water partition coefficient (Wildman–Crippen LogP) is 15.3. The van der Waals surface area contributed by atoms with Crippen LogP contribution in [0, 0.1) is 17.8 Å². The zero-order chi connectivity index (χ0) is 44.6. The van der Waals surface area contributed by atoms with Gasteiger partial charge in [0.1, 0.15) is 0 Å². The zero-order valence-corrected chi connectivity index (χ0v) is 38.2. The van der Waals surface area contributed by atoms with Crippen molar-refractivity contribution in [3.8, 4) is 0 Å². The Labute approximate surface area is 402 Å². The monoisotopic (exact) mass is 887 g/mol. The molecule has 24 rings (SSSR count). The first-order chi connectivity index (χ1) is 35.1. The van der Waals surface area contributed by atoms with Gasteiger partial charge in [-0.25, -0.2) is 0 Å². The van der Waals surface area contributed by atoms with Crippen LogP contribution in [-0.2, 0) is 0 Å². The van der Waals surface area contributed by atoms with Crippen molar-refractivity contribution >= 4 is 159 Å². The van der Waals surface area contributed by atoms with E-state index < -0.39 is 0 Å². The highest BCUT2D eigenvalue weighted by Gasteiger charge is 2.58. The summed E-state index contributed by atoms with van der Waals surface area (Å²) in [6.07, 6.45) is 28.0. The third-order valence-corrected chi connectivity index (χ3v) is 21.8. The summed E-state index contributed by atoms with van der Waals surface area (Å²) in [7, 11) is 0. The van der Waals surface area contributed by atoms with Crippen molar-refractivity contribution in [2.75, 3.05) is 0 Å². The molecule has 0 spiro atoms. The van der Waals surface area contributed by atoms with Crippen molar-refractivity contribution in [2.24, 2.45) is 23.5 Å². The SMILES string of the molecule is CC(N)c1c2cc3c4c5c6c7c8c9c(cc%10c%11c%12c%13c%14c%15c%16c%17c(cccc%17c%17ccc%18ccc%19cc1c(c%14c%19c%18c%17%15)c(c25)c%13c6c9%11)C=C(C=%10)C%16%12)C=C1C=CC2=CC=C5C6=CC=CC(=C3)C6C=4C7C5C2C18. The lowest BCUT2D eigenvalue weighted by Gasteiger charge is -2.57. The van der Waals surface area contributed by atoms with Gasteiger partial charge in [0.05, 0.1) is 0 Å². The van der Waals surface area contributed by atoms with Gasteiger partial charge in [0.25, 0.3) is 0 Å². The molecule has 0 aliphatic heterocycles. The Morgan fingerprint density at radius 1 is 0.423 bits per heavy atom. The molecular formula is C70H33N. The quantitative estimate of drug-likeness (QED) is 0.129. The van der Waals surface area contributed by atoms with Gasteiger partial charge in [-0.2, -0.15) is 0 Å². The van der Waals surface area contributed by atoms with E-state index >= 15 is 0 Å². The summed E-state index contributed by atoms with van der Waals surface area (Å²) in [5, 5.41) is 38.5. The van der Waals surface area contributed by atoms with Crippen LogP contribution in [0.5, 0.6) is 0 Å². The van der Waals surface area contributed by atoms with E-state index in [-0.39, 0.29) is 17.9 Å². The summed E-state index contributed by atoms with van der Waals surface area (Å²) in [6, 6.07) is 24.7. The third kappa shape index (κ3) is 2.76. The maximum atomic E-state index is 7.57. The maximum absolute atomic E-state index is 7.57. The van der Waals surface area contributed by atoms with E-state index in [1.165, 1.54) is 136 Å². The minimum absolute atomic E-state index is 0.156. The van der Waals surface area contributed by atoms with Gasteiger partial charge >= 0.3 is 0 Å².